The van der Waals surface area contributed by atoms with E-state index in [4.69, 9.17) is 9.15 Å². The van der Waals surface area contributed by atoms with Crippen LogP contribution in [0.4, 0.5) is 0 Å². The van der Waals surface area contributed by atoms with Crippen LogP contribution in [-0.4, -0.2) is 13.7 Å². The molecule has 0 fully saturated rings. The van der Waals surface area contributed by atoms with Gasteiger partial charge in [-0.3, -0.25) is 13.9 Å². The van der Waals surface area contributed by atoms with E-state index in [1.807, 2.05) is 66.7 Å². The van der Waals surface area contributed by atoms with Crippen LogP contribution in [0.15, 0.2) is 87.0 Å². The zero-order valence-corrected chi connectivity index (χ0v) is 18.2. The summed E-state index contributed by atoms with van der Waals surface area (Å²) >= 11 is 0. The third kappa shape index (κ3) is 2.72. The number of aromatic nitrogens is 3. The number of fused-ring (bicyclic) bond motifs is 5. The molecule has 164 valence electrons. The molecule has 0 radical (unpaired) electrons. The maximum Gasteiger partial charge on any atom is 0.331 e. The van der Waals surface area contributed by atoms with Gasteiger partial charge in [0.05, 0.1) is 40.8 Å². The van der Waals surface area contributed by atoms with Crippen molar-refractivity contribution in [1.82, 2.24) is 13.7 Å². The Morgan fingerprint density at radius 1 is 0.879 bits per heavy atom. The van der Waals surface area contributed by atoms with Crippen molar-refractivity contribution in [3.05, 3.63) is 111 Å². The third-order valence-electron chi connectivity index (χ3n) is 6.34. The molecular weight excluding hydrogens is 418 g/mol. The second kappa shape index (κ2) is 7.21. The van der Waals surface area contributed by atoms with E-state index in [-0.39, 0.29) is 5.56 Å². The van der Waals surface area contributed by atoms with Crippen LogP contribution in [0.5, 0.6) is 0 Å². The minimum Gasteiger partial charge on any atom is -0.466 e. The Labute approximate surface area is 188 Å². The van der Waals surface area contributed by atoms with Crippen molar-refractivity contribution in [1.29, 1.82) is 0 Å². The number of benzene rings is 2. The lowest BCUT2D eigenvalue weighted by molar-refractivity contribution is 0.0533. The fourth-order valence-corrected chi connectivity index (χ4v) is 4.82. The van der Waals surface area contributed by atoms with Crippen molar-refractivity contribution in [2.45, 2.75) is 12.7 Å². The van der Waals surface area contributed by atoms with E-state index < -0.39 is 11.8 Å². The lowest BCUT2D eigenvalue weighted by Gasteiger charge is -2.17. The smallest absolute Gasteiger partial charge is 0.331 e. The largest absolute Gasteiger partial charge is 0.466 e. The highest BCUT2D eigenvalue weighted by Gasteiger charge is 2.35. The van der Waals surface area contributed by atoms with E-state index >= 15 is 0 Å². The van der Waals surface area contributed by atoms with E-state index in [0.29, 0.717) is 29.0 Å². The van der Waals surface area contributed by atoms with Crippen LogP contribution in [0.3, 0.4) is 0 Å². The van der Waals surface area contributed by atoms with E-state index in [1.165, 1.54) is 11.6 Å². The molecule has 0 saturated carbocycles. The molecule has 0 spiro atoms. The first-order valence-corrected chi connectivity index (χ1v) is 10.7. The first-order valence-electron chi connectivity index (χ1n) is 10.7. The molecule has 0 unspecified atom stereocenters. The van der Waals surface area contributed by atoms with Gasteiger partial charge in [-0.15, -0.1) is 0 Å². The number of furan rings is 1. The van der Waals surface area contributed by atoms with Crippen LogP contribution in [0.25, 0.3) is 27.8 Å². The molecule has 2 aromatic carbocycles. The van der Waals surface area contributed by atoms with E-state index in [9.17, 15) is 9.59 Å². The second-order valence-electron chi connectivity index (χ2n) is 8.20. The highest BCUT2D eigenvalue weighted by molar-refractivity contribution is 5.97. The normalized spacial score (nSPS) is 15.3. The number of nitrogens with zero attached hydrogens (tertiary/aromatic N) is 3. The summed E-state index contributed by atoms with van der Waals surface area (Å²) in [4.78, 5) is 26.6. The molecular formula is C26H21N3O4. The summed E-state index contributed by atoms with van der Waals surface area (Å²) in [5.41, 5.74) is 3.99. The first kappa shape index (κ1) is 19.6. The Morgan fingerprint density at radius 2 is 1.64 bits per heavy atom. The van der Waals surface area contributed by atoms with Gasteiger partial charge < -0.3 is 13.7 Å². The topological polar surface area (TPSA) is 71.3 Å². The fourth-order valence-electron chi connectivity index (χ4n) is 4.82. The fraction of sp³-hybridized carbons (Fsp3) is 0.154. The Kier molecular flexibility index (Phi) is 4.28. The van der Waals surface area contributed by atoms with Crippen LogP contribution in [0.2, 0.25) is 0 Å². The van der Waals surface area contributed by atoms with Crippen LogP contribution in [-0.2, 0) is 25.4 Å². The summed E-state index contributed by atoms with van der Waals surface area (Å²) in [5, 5.41) is 0.470. The van der Waals surface area contributed by atoms with Crippen molar-refractivity contribution < 1.29 is 9.15 Å². The SMILES string of the molecule is Cn1c(=O)c2c(-c3ccccc3)n3c(c2n(C)c1=O)[C@@H](c1ccco1)OCc1ccccc1-3. The highest BCUT2D eigenvalue weighted by atomic mass is 16.5. The Hall–Kier alpha value is -4.10. The van der Waals surface area contributed by atoms with Gasteiger partial charge >= 0.3 is 5.69 Å². The summed E-state index contributed by atoms with van der Waals surface area (Å²) in [6.45, 7) is 0.359. The zero-order valence-electron chi connectivity index (χ0n) is 18.2. The number of aryl methyl sites for hydroxylation is 1. The molecule has 4 heterocycles. The molecule has 0 N–H and O–H groups in total. The van der Waals surface area contributed by atoms with Gasteiger partial charge in [-0.2, -0.15) is 0 Å². The summed E-state index contributed by atoms with van der Waals surface area (Å²) < 4.78 is 16.9. The van der Waals surface area contributed by atoms with Crippen molar-refractivity contribution in [3.63, 3.8) is 0 Å². The van der Waals surface area contributed by atoms with Crippen LogP contribution in [0, 0.1) is 0 Å². The summed E-state index contributed by atoms with van der Waals surface area (Å²) in [6, 6.07) is 21.4. The van der Waals surface area contributed by atoms with Gasteiger partial charge in [0.25, 0.3) is 5.56 Å². The molecule has 1 atom stereocenters. The zero-order chi connectivity index (χ0) is 22.7. The Morgan fingerprint density at radius 3 is 2.39 bits per heavy atom. The maximum atomic E-state index is 13.6. The summed E-state index contributed by atoms with van der Waals surface area (Å²) in [6.07, 6.45) is 0.993. The van der Waals surface area contributed by atoms with Crippen LogP contribution >= 0.6 is 0 Å². The quantitative estimate of drug-likeness (QED) is 0.418. The average molecular weight is 439 g/mol. The molecule has 5 aromatic rings. The monoisotopic (exact) mass is 439 g/mol. The van der Waals surface area contributed by atoms with E-state index in [2.05, 4.69) is 4.57 Å². The van der Waals surface area contributed by atoms with Crippen LogP contribution in [0.1, 0.15) is 23.1 Å². The standard InChI is InChI=1S/C26H21N3O4/c1-27-22-20(25(30)28(2)26(27)31)21(16-9-4-3-5-10-16)29-18-12-7-6-11-17(18)15-33-24(23(22)29)19-13-8-14-32-19/h3-14,24H,15H2,1-2H3/t24-/m1/s1. The van der Waals surface area contributed by atoms with Gasteiger partial charge in [0.15, 0.2) is 6.10 Å². The van der Waals surface area contributed by atoms with Crippen molar-refractivity contribution in [3.8, 4) is 16.9 Å². The minimum absolute atomic E-state index is 0.344. The predicted octanol–water partition coefficient (Wildman–Crippen LogP) is 3.91. The number of hydrogen-bond donors (Lipinski definition) is 0. The predicted molar refractivity (Wildman–Crippen MR) is 125 cm³/mol. The molecule has 0 saturated heterocycles. The molecule has 0 aliphatic carbocycles. The molecule has 1 aliphatic heterocycles. The number of hydrogen-bond acceptors (Lipinski definition) is 4. The molecule has 0 amide bonds. The van der Waals surface area contributed by atoms with Crippen LogP contribution < -0.4 is 11.2 Å². The van der Waals surface area contributed by atoms with Crippen molar-refractivity contribution >= 4 is 10.9 Å². The van der Waals surface area contributed by atoms with Gasteiger partial charge in [0.2, 0.25) is 0 Å². The molecule has 1 aliphatic rings. The lowest BCUT2D eigenvalue weighted by atomic mass is 10.1. The molecule has 0 bridgehead atoms. The number of para-hydroxylation sites is 1. The van der Waals surface area contributed by atoms with Gasteiger partial charge in [-0.25, -0.2) is 4.79 Å². The second-order valence-corrected chi connectivity index (χ2v) is 8.20. The third-order valence-corrected chi connectivity index (χ3v) is 6.34. The Balaban J connectivity index is 1.90. The molecule has 3 aromatic heterocycles. The first-order chi connectivity index (χ1) is 16.1. The molecule has 33 heavy (non-hydrogen) atoms. The summed E-state index contributed by atoms with van der Waals surface area (Å²) in [7, 11) is 3.20. The number of rotatable bonds is 2. The molecule has 7 heteroatoms. The van der Waals surface area contributed by atoms with Crippen molar-refractivity contribution in [2.75, 3.05) is 0 Å². The van der Waals surface area contributed by atoms with Gasteiger partial charge in [-0.05, 0) is 23.8 Å². The number of ether oxygens (including phenoxy) is 1. The van der Waals surface area contributed by atoms with E-state index in [0.717, 1.165) is 27.1 Å². The molecule has 7 nitrogen and oxygen atoms in total. The van der Waals surface area contributed by atoms with Gasteiger partial charge in [-0.1, -0.05) is 48.5 Å². The van der Waals surface area contributed by atoms with E-state index in [1.54, 1.807) is 13.3 Å². The summed E-state index contributed by atoms with van der Waals surface area (Å²) in [5.74, 6) is 0.608. The van der Waals surface area contributed by atoms with Crippen molar-refractivity contribution in [2.24, 2.45) is 14.1 Å². The lowest BCUT2D eigenvalue weighted by Crippen LogP contribution is -2.37. The molecule has 6 rings (SSSR count). The average Bonchev–Trinajstić information content (AvgIpc) is 3.46. The highest BCUT2D eigenvalue weighted by Crippen LogP contribution is 2.43. The maximum absolute atomic E-state index is 13.6. The van der Waals surface area contributed by atoms with Gasteiger partial charge in [0, 0.05) is 19.7 Å². The minimum atomic E-state index is -0.606. The van der Waals surface area contributed by atoms with Gasteiger partial charge in [0.1, 0.15) is 5.76 Å². The Bertz CT molecular complexity index is 1620.